The van der Waals surface area contributed by atoms with Crippen molar-refractivity contribution in [3.63, 3.8) is 0 Å². The van der Waals surface area contributed by atoms with Gasteiger partial charge in [0.2, 0.25) is 0 Å². The molecule has 1 amide bonds. The Kier molecular flexibility index (Phi) is 8.05. The molecule has 0 saturated carbocycles. The lowest BCUT2D eigenvalue weighted by molar-refractivity contribution is 0.0944. The van der Waals surface area contributed by atoms with Crippen LogP contribution in [0.15, 0.2) is 23.7 Å². The highest BCUT2D eigenvalue weighted by Crippen LogP contribution is 2.24. The molecule has 0 saturated heterocycles. The lowest BCUT2D eigenvalue weighted by Gasteiger charge is -2.16. The number of amides is 1. The zero-order chi connectivity index (χ0) is 22.4. The second-order valence-electron chi connectivity index (χ2n) is 7.34. The summed E-state index contributed by atoms with van der Waals surface area (Å²) in [6, 6.07) is 3.27. The fourth-order valence-corrected chi connectivity index (χ4v) is 3.89. The summed E-state index contributed by atoms with van der Waals surface area (Å²) in [6.07, 6.45) is 1.70. The Balaban J connectivity index is 1.95. The number of rotatable bonds is 10. The quantitative estimate of drug-likeness (QED) is 0.365. The molecule has 0 radical (unpaired) electrons. The van der Waals surface area contributed by atoms with E-state index in [9.17, 15) is 9.18 Å². The smallest absolute Gasteiger partial charge is 0.270 e. The number of alkyl halides is 1. The monoisotopic (exact) mass is 465 g/mol. The summed E-state index contributed by atoms with van der Waals surface area (Å²) in [6.45, 7) is 8.14. The average molecular weight is 466 g/mol. The fourth-order valence-electron chi connectivity index (χ4n) is 2.77. The molecule has 0 aliphatic rings. The SMILES string of the molecule is CCN(CCl)CCc1nnc(-c2ccc(F)cn2)n1-c1nc(C(=O)NCC(C)C)cs1. The molecule has 3 aromatic heterocycles. The minimum absolute atomic E-state index is 0.230. The van der Waals surface area contributed by atoms with Gasteiger partial charge in [0, 0.05) is 24.9 Å². The van der Waals surface area contributed by atoms with Crippen molar-refractivity contribution in [2.45, 2.75) is 27.2 Å². The Morgan fingerprint density at radius 2 is 2.16 bits per heavy atom. The van der Waals surface area contributed by atoms with Crippen LogP contribution < -0.4 is 5.32 Å². The number of carbonyl (C=O) groups excluding carboxylic acids is 1. The Bertz CT molecular complexity index is 1000. The predicted octanol–water partition coefficient (Wildman–Crippen LogP) is 3.37. The highest BCUT2D eigenvalue weighted by atomic mass is 35.5. The first-order chi connectivity index (χ1) is 14.9. The molecule has 31 heavy (non-hydrogen) atoms. The fraction of sp³-hybridized carbons (Fsp3) is 0.450. The van der Waals surface area contributed by atoms with Crippen LogP contribution in [-0.4, -0.2) is 61.2 Å². The van der Waals surface area contributed by atoms with Gasteiger partial charge in [0.1, 0.15) is 23.0 Å². The standard InChI is InChI=1S/C20H25ClFN7OS/c1-4-28(12-21)8-7-17-26-27-18(15-6-5-14(22)10-23-15)29(17)20-25-16(11-31-20)19(30)24-9-13(2)3/h5-6,10-11,13H,4,7-9,12H2,1-3H3,(H,24,30). The number of thiazole rings is 1. The van der Waals surface area contributed by atoms with Gasteiger partial charge in [-0.2, -0.15) is 0 Å². The first kappa shape index (κ1) is 23.2. The van der Waals surface area contributed by atoms with Crippen LogP contribution in [0.5, 0.6) is 0 Å². The summed E-state index contributed by atoms with van der Waals surface area (Å²) in [5, 5.41) is 13.7. The van der Waals surface area contributed by atoms with Gasteiger partial charge in [-0.05, 0) is 24.6 Å². The van der Waals surface area contributed by atoms with E-state index < -0.39 is 5.82 Å². The van der Waals surface area contributed by atoms with Gasteiger partial charge in [-0.1, -0.05) is 20.8 Å². The molecule has 166 valence electrons. The zero-order valence-electron chi connectivity index (χ0n) is 17.7. The molecule has 0 bridgehead atoms. The van der Waals surface area contributed by atoms with E-state index in [0.717, 1.165) is 12.7 Å². The minimum Gasteiger partial charge on any atom is -0.350 e. The second-order valence-corrected chi connectivity index (χ2v) is 8.41. The van der Waals surface area contributed by atoms with Gasteiger partial charge in [-0.3, -0.25) is 14.3 Å². The van der Waals surface area contributed by atoms with Gasteiger partial charge in [-0.15, -0.1) is 33.1 Å². The van der Waals surface area contributed by atoms with Gasteiger partial charge in [0.05, 0.1) is 12.2 Å². The van der Waals surface area contributed by atoms with Gasteiger partial charge < -0.3 is 5.32 Å². The van der Waals surface area contributed by atoms with Crippen LogP contribution in [0.3, 0.4) is 0 Å². The molecule has 0 fully saturated rings. The van der Waals surface area contributed by atoms with Crippen molar-refractivity contribution in [1.29, 1.82) is 0 Å². The van der Waals surface area contributed by atoms with E-state index in [-0.39, 0.29) is 5.91 Å². The Morgan fingerprint density at radius 3 is 2.81 bits per heavy atom. The average Bonchev–Trinajstić information content (AvgIpc) is 3.40. The van der Waals surface area contributed by atoms with Crippen molar-refractivity contribution in [2.75, 3.05) is 25.6 Å². The van der Waals surface area contributed by atoms with Gasteiger partial charge in [-0.25, -0.2) is 14.4 Å². The summed E-state index contributed by atoms with van der Waals surface area (Å²) in [5.74, 6) is 0.771. The van der Waals surface area contributed by atoms with Crippen LogP contribution in [0, 0.1) is 11.7 Å². The topological polar surface area (TPSA) is 88.8 Å². The maximum absolute atomic E-state index is 13.4. The third-order valence-electron chi connectivity index (χ3n) is 4.54. The summed E-state index contributed by atoms with van der Waals surface area (Å²) in [7, 11) is 0. The molecule has 8 nitrogen and oxygen atoms in total. The van der Waals surface area contributed by atoms with Crippen molar-refractivity contribution in [1.82, 2.24) is 34.9 Å². The molecule has 1 N–H and O–H groups in total. The van der Waals surface area contributed by atoms with E-state index in [1.165, 1.54) is 17.4 Å². The molecule has 0 aromatic carbocycles. The second kappa shape index (κ2) is 10.7. The van der Waals surface area contributed by atoms with E-state index in [4.69, 9.17) is 11.6 Å². The maximum Gasteiger partial charge on any atom is 0.270 e. The predicted molar refractivity (Wildman–Crippen MR) is 119 cm³/mol. The highest BCUT2D eigenvalue weighted by molar-refractivity contribution is 7.12. The number of aromatic nitrogens is 5. The number of hydrogen-bond donors (Lipinski definition) is 1. The van der Waals surface area contributed by atoms with E-state index >= 15 is 0 Å². The number of pyridine rings is 1. The number of carbonyl (C=O) groups is 1. The number of halogens is 2. The summed E-state index contributed by atoms with van der Waals surface area (Å²) < 4.78 is 15.1. The first-order valence-corrected chi connectivity index (χ1v) is 11.4. The molecule has 3 aromatic rings. The van der Waals surface area contributed by atoms with Crippen molar-refractivity contribution in [3.8, 4) is 16.6 Å². The van der Waals surface area contributed by atoms with Crippen molar-refractivity contribution in [2.24, 2.45) is 5.92 Å². The summed E-state index contributed by atoms with van der Waals surface area (Å²) in [4.78, 5) is 23.1. The van der Waals surface area contributed by atoms with Crippen LogP contribution >= 0.6 is 22.9 Å². The molecule has 0 aliphatic heterocycles. The molecular weight excluding hydrogens is 441 g/mol. The lowest BCUT2D eigenvalue weighted by atomic mass is 10.2. The van der Waals surface area contributed by atoms with E-state index in [0.29, 0.717) is 59.6 Å². The Hall–Kier alpha value is -2.43. The molecule has 0 aliphatic carbocycles. The zero-order valence-corrected chi connectivity index (χ0v) is 19.3. The largest absolute Gasteiger partial charge is 0.350 e. The minimum atomic E-state index is -0.436. The van der Waals surface area contributed by atoms with Crippen LogP contribution in [0.25, 0.3) is 16.6 Å². The van der Waals surface area contributed by atoms with E-state index in [1.54, 1.807) is 16.0 Å². The van der Waals surface area contributed by atoms with Gasteiger partial charge >= 0.3 is 0 Å². The molecule has 11 heteroatoms. The van der Waals surface area contributed by atoms with Gasteiger partial charge in [0.25, 0.3) is 5.91 Å². The third-order valence-corrected chi connectivity index (χ3v) is 5.71. The lowest BCUT2D eigenvalue weighted by Crippen LogP contribution is -2.27. The molecule has 3 heterocycles. The Morgan fingerprint density at radius 1 is 1.35 bits per heavy atom. The van der Waals surface area contributed by atoms with Crippen LogP contribution in [0.1, 0.15) is 37.1 Å². The van der Waals surface area contributed by atoms with Crippen molar-refractivity contribution in [3.05, 3.63) is 41.0 Å². The molecule has 0 unspecified atom stereocenters. The summed E-state index contributed by atoms with van der Waals surface area (Å²) >= 11 is 7.29. The number of nitrogens with one attached hydrogen (secondary N) is 1. The maximum atomic E-state index is 13.4. The number of likely N-dealkylation sites (N-methyl/N-ethyl adjacent to an activating group) is 1. The van der Waals surface area contributed by atoms with Crippen LogP contribution in [-0.2, 0) is 6.42 Å². The third kappa shape index (κ3) is 5.84. The number of hydrogen-bond acceptors (Lipinski definition) is 7. The molecule has 3 rings (SSSR count). The van der Waals surface area contributed by atoms with E-state index in [2.05, 4.69) is 30.4 Å². The van der Waals surface area contributed by atoms with Gasteiger partial charge in [0.15, 0.2) is 11.0 Å². The molecule has 0 atom stereocenters. The highest BCUT2D eigenvalue weighted by Gasteiger charge is 2.21. The first-order valence-electron chi connectivity index (χ1n) is 10.0. The van der Waals surface area contributed by atoms with Crippen LogP contribution in [0.4, 0.5) is 4.39 Å². The van der Waals surface area contributed by atoms with Crippen molar-refractivity contribution < 1.29 is 9.18 Å². The van der Waals surface area contributed by atoms with E-state index in [1.807, 2.05) is 20.8 Å². The van der Waals surface area contributed by atoms with Crippen molar-refractivity contribution >= 4 is 28.8 Å². The number of nitrogens with zero attached hydrogens (tertiary/aromatic N) is 6. The normalized spacial score (nSPS) is 11.5. The van der Waals surface area contributed by atoms with Crippen LogP contribution in [0.2, 0.25) is 0 Å². The Labute approximate surface area is 189 Å². The summed E-state index contributed by atoms with van der Waals surface area (Å²) in [5.41, 5.74) is 0.792. The molecule has 0 spiro atoms. The molecular formula is C20H25ClFN7OS.